The van der Waals surface area contributed by atoms with E-state index in [1.165, 1.54) is 0 Å². The van der Waals surface area contributed by atoms with Crippen LogP contribution in [-0.2, 0) is 4.57 Å². The molecule has 2 aromatic carbocycles. The maximum atomic E-state index is 13.3. The summed E-state index contributed by atoms with van der Waals surface area (Å²) in [7, 11) is -3.25. The zero-order chi connectivity index (χ0) is 16.7. The molecule has 1 aliphatic rings. The summed E-state index contributed by atoms with van der Waals surface area (Å²) in [6.45, 7) is 2.07. The molecule has 1 N–H and O–H groups in total. The fourth-order valence-corrected chi connectivity index (χ4v) is 4.69. The van der Waals surface area contributed by atoms with E-state index in [1.54, 1.807) is 0 Å². The molecule has 128 valence electrons. The molecule has 4 nitrogen and oxygen atoms in total. The SMILES string of the molecule is O=P(CCC1CCNCC1)(Oc1ccccc1)Oc1ccccc1. The quantitative estimate of drug-likeness (QED) is 0.737. The van der Waals surface area contributed by atoms with Gasteiger partial charge in [0.1, 0.15) is 11.5 Å². The molecule has 0 spiro atoms. The molecule has 0 saturated carbocycles. The Morgan fingerprint density at radius 3 is 1.88 bits per heavy atom. The van der Waals surface area contributed by atoms with Crippen molar-refractivity contribution in [2.45, 2.75) is 19.3 Å². The molecule has 0 atom stereocenters. The second-order valence-electron chi connectivity index (χ2n) is 6.13. The van der Waals surface area contributed by atoms with Gasteiger partial charge in [0.25, 0.3) is 0 Å². The lowest BCUT2D eigenvalue weighted by Crippen LogP contribution is -2.28. The zero-order valence-electron chi connectivity index (χ0n) is 13.8. The van der Waals surface area contributed by atoms with Crippen molar-refractivity contribution in [3.05, 3.63) is 60.7 Å². The van der Waals surface area contributed by atoms with Gasteiger partial charge in [-0.05, 0) is 62.5 Å². The van der Waals surface area contributed by atoms with Crippen molar-refractivity contribution >= 4 is 7.60 Å². The van der Waals surface area contributed by atoms with Crippen molar-refractivity contribution in [3.63, 3.8) is 0 Å². The van der Waals surface area contributed by atoms with Gasteiger partial charge in [-0.1, -0.05) is 36.4 Å². The summed E-state index contributed by atoms with van der Waals surface area (Å²) in [6, 6.07) is 18.5. The zero-order valence-corrected chi connectivity index (χ0v) is 14.7. The minimum absolute atomic E-state index is 0.432. The van der Waals surface area contributed by atoms with Crippen LogP contribution in [0.2, 0.25) is 0 Å². The standard InChI is InChI=1S/C19H24NO3P/c21-24(22-18-7-3-1-4-8-18,23-19-9-5-2-6-10-19)16-13-17-11-14-20-15-12-17/h1-10,17,20H,11-16H2. The number of para-hydroxylation sites is 2. The van der Waals surface area contributed by atoms with E-state index in [9.17, 15) is 4.57 Å². The first kappa shape index (κ1) is 17.1. The highest BCUT2D eigenvalue weighted by atomic mass is 31.2. The number of nitrogens with one attached hydrogen (secondary N) is 1. The summed E-state index contributed by atoms with van der Waals surface area (Å²) >= 11 is 0. The van der Waals surface area contributed by atoms with Crippen molar-refractivity contribution in [2.24, 2.45) is 5.92 Å². The Hall–Kier alpha value is -1.77. The molecule has 1 heterocycles. The predicted octanol–water partition coefficient (Wildman–Crippen LogP) is 4.73. The van der Waals surface area contributed by atoms with Crippen molar-refractivity contribution in [1.29, 1.82) is 0 Å². The third kappa shape index (κ3) is 5.12. The smallest absolute Gasteiger partial charge is 0.416 e. The van der Waals surface area contributed by atoms with Gasteiger partial charge in [0, 0.05) is 0 Å². The number of hydrogen-bond acceptors (Lipinski definition) is 4. The summed E-state index contributed by atoms with van der Waals surface area (Å²) in [5.41, 5.74) is 0. The number of benzene rings is 2. The van der Waals surface area contributed by atoms with E-state index in [-0.39, 0.29) is 0 Å². The lowest BCUT2D eigenvalue weighted by atomic mass is 9.96. The fourth-order valence-electron chi connectivity index (χ4n) is 2.90. The fraction of sp³-hybridized carbons (Fsp3) is 0.368. The van der Waals surface area contributed by atoms with E-state index in [0.717, 1.165) is 32.4 Å². The van der Waals surface area contributed by atoms with Crippen molar-refractivity contribution < 1.29 is 13.6 Å². The first-order valence-corrected chi connectivity index (χ1v) is 10.3. The summed E-state index contributed by atoms with van der Waals surface area (Å²) in [4.78, 5) is 0. The van der Waals surface area contributed by atoms with Gasteiger partial charge in [-0.15, -0.1) is 0 Å². The van der Waals surface area contributed by atoms with Crippen LogP contribution in [0.4, 0.5) is 0 Å². The molecule has 0 radical (unpaired) electrons. The lowest BCUT2D eigenvalue weighted by Gasteiger charge is -2.25. The van der Waals surface area contributed by atoms with Crippen LogP contribution in [0, 0.1) is 5.92 Å². The highest BCUT2D eigenvalue weighted by molar-refractivity contribution is 7.54. The molecule has 24 heavy (non-hydrogen) atoms. The Morgan fingerprint density at radius 2 is 1.38 bits per heavy atom. The molecular formula is C19H24NO3P. The maximum Gasteiger partial charge on any atom is 0.430 e. The molecule has 0 aliphatic carbocycles. The topological polar surface area (TPSA) is 47.6 Å². The first-order valence-electron chi connectivity index (χ1n) is 8.53. The Labute approximate surface area is 143 Å². The van der Waals surface area contributed by atoms with Crippen LogP contribution in [-0.4, -0.2) is 19.3 Å². The summed E-state index contributed by atoms with van der Waals surface area (Å²) < 4.78 is 25.0. The summed E-state index contributed by atoms with van der Waals surface area (Å²) in [5.74, 6) is 1.75. The van der Waals surface area contributed by atoms with Crippen LogP contribution in [0.3, 0.4) is 0 Å². The van der Waals surface area contributed by atoms with E-state index in [2.05, 4.69) is 5.32 Å². The highest BCUT2D eigenvalue weighted by Crippen LogP contribution is 2.49. The Balaban J connectivity index is 1.70. The Morgan fingerprint density at radius 1 is 0.875 bits per heavy atom. The highest BCUT2D eigenvalue weighted by Gasteiger charge is 2.29. The second-order valence-corrected chi connectivity index (χ2v) is 8.16. The van der Waals surface area contributed by atoms with Gasteiger partial charge in [0.2, 0.25) is 0 Å². The van der Waals surface area contributed by atoms with Gasteiger partial charge in [-0.25, -0.2) is 4.57 Å². The van der Waals surface area contributed by atoms with E-state index in [1.807, 2.05) is 60.7 Å². The normalized spacial score (nSPS) is 15.8. The lowest BCUT2D eigenvalue weighted by molar-refractivity contribution is 0.345. The predicted molar refractivity (Wildman–Crippen MR) is 96.8 cm³/mol. The van der Waals surface area contributed by atoms with Crippen LogP contribution in [0.25, 0.3) is 0 Å². The van der Waals surface area contributed by atoms with E-state index in [4.69, 9.17) is 9.05 Å². The summed E-state index contributed by atoms with van der Waals surface area (Å²) in [6.07, 6.45) is 3.54. The average molecular weight is 345 g/mol. The van der Waals surface area contributed by atoms with Gasteiger partial charge in [-0.3, -0.25) is 0 Å². The molecular weight excluding hydrogens is 321 g/mol. The molecule has 3 rings (SSSR count). The van der Waals surface area contributed by atoms with Gasteiger partial charge >= 0.3 is 7.60 Å². The molecule has 0 aromatic heterocycles. The average Bonchev–Trinajstić information content (AvgIpc) is 2.63. The molecule has 0 unspecified atom stereocenters. The maximum absolute atomic E-state index is 13.3. The summed E-state index contributed by atoms with van der Waals surface area (Å²) in [5, 5.41) is 3.36. The van der Waals surface area contributed by atoms with Crippen molar-refractivity contribution in [3.8, 4) is 11.5 Å². The van der Waals surface area contributed by atoms with Crippen LogP contribution in [0.1, 0.15) is 19.3 Å². The monoisotopic (exact) mass is 345 g/mol. The molecule has 5 heteroatoms. The number of rotatable bonds is 7. The molecule has 1 saturated heterocycles. The number of hydrogen-bond donors (Lipinski definition) is 1. The molecule has 0 bridgehead atoms. The largest absolute Gasteiger partial charge is 0.430 e. The van der Waals surface area contributed by atoms with Crippen LogP contribution in [0.5, 0.6) is 11.5 Å². The Kier molecular flexibility index (Phi) is 5.95. The molecule has 1 fully saturated rings. The van der Waals surface area contributed by atoms with Crippen LogP contribution >= 0.6 is 7.60 Å². The third-order valence-corrected chi connectivity index (χ3v) is 6.03. The van der Waals surface area contributed by atoms with Crippen molar-refractivity contribution in [2.75, 3.05) is 19.3 Å². The number of piperidine rings is 1. The van der Waals surface area contributed by atoms with Gasteiger partial charge in [0.15, 0.2) is 0 Å². The second kappa shape index (κ2) is 8.36. The van der Waals surface area contributed by atoms with Crippen molar-refractivity contribution in [1.82, 2.24) is 5.32 Å². The van der Waals surface area contributed by atoms with E-state index < -0.39 is 7.60 Å². The van der Waals surface area contributed by atoms with Crippen LogP contribution in [0.15, 0.2) is 60.7 Å². The van der Waals surface area contributed by atoms with Gasteiger partial charge in [-0.2, -0.15) is 0 Å². The molecule has 0 amide bonds. The van der Waals surface area contributed by atoms with Gasteiger partial charge in [0.05, 0.1) is 6.16 Å². The minimum Gasteiger partial charge on any atom is -0.416 e. The Bertz CT molecular complexity index is 611. The molecule has 2 aromatic rings. The van der Waals surface area contributed by atoms with Crippen LogP contribution < -0.4 is 14.4 Å². The minimum atomic E-state index is -3.25. The third-order valence-electron chi connectivity index (χ3n) is 4.25. The van der Waals surface area contributed by atoms with E-state index >= 15 is 0 Å². The van der Waals surface area contributed by atoms with Gasteiger partial charge < -0.3 is 14.4 Å². The van der Waals surface area contributed by atoms with E-state index in [0.29, 0.717) is 23.6 Å². The molecule has 1 aliphatic heterocycles. The first-order chi connectivity index (χ1) is 11.7.